The molecule has 0 aliphatic heterocycles. The molecule has 0 fully saturated rings. The molecule has 0 unspecified atom stereocenters. The van der Waals surface area contributed by atoms with Crippen molar-refractivity contribution >= 4 is 24.3 Å². The Hall–Kier alpha value is -4.93. The number of hydrogen-bond donors (Lipinski definition) is 1. The highest BCUT2D eigenvalue weighted by Gasteiger charge is 2.12. The number of ether oxygens (including phenoxy) is 2. The number of pyridine rings is 1. The highest BCUT2D eigenvalue weighted by atomic mass is 16.5. The molecule has 0 atom stereocenters. The Balaban J connectivity index is 1.34. The first kappa shape index (κ1) is 25.7. The second-order valence-electron chi connectivity index (χ2n) is 8.96. The second-order valence-corrected chi connectivity index (χ2v) is 8.96. The molecule has 0 saturated heterocycles. The number of hydrogen-bond acceptors (Lipinski definition) is 3. The van der Waals surface area contributed by atoms with E-state index in [1.54, 1.807) is 0 Å². The number of nitrogens with zero attached hydrogens (tertiary/aromatic N) is 1. The Bertz CT molecular complexity index is 1450. The van der Waals surface area contributed by atoms with Gasteiger partial charge in [-0.15, -0.1) is 0 Å². The van der Waals surface area contributed by atoms with E-state index < -0.39 is 0 Å². The van der Waals surface area contributed by atoms with Gasteiger partial charge in [0.25, 0.3) is 0 Å². The summed E-state index contributed by atoms with van der Waals surface area (Å²) >= 11 is 0. The third-order valence-corrected chi connectivity index (χ3v) is 6.08. The molecule has 0 spiro atoms. The first-order chi connectivity index (χ1) is 19.3. The molecular weight excluding hydrogens is 480 g/mol. The molecule has 0 aliphatic carbocycles. The molecular formula is C35H31N2O2+. The number of rotatable bonds is 10. The van der Waals surface area contributed by atoms with Gasteiger partial charge in [-0.2, -0.15) is 4.57 Å². The number of benzene rings is 4. The van der Waals surface area contributed by atoms with Crippen LogP contribution >= 0.6 is 0 Å². The van der Waals surface area contributed by atoms with Crippen LogP contribution in [0.15, 0.2) is 127 Å². The maximum absolute atomic E-state index is 6.00. The van der Waals surface area contributed by atoms with Crippen LogP contribution in [0.1, 0.15) is 22.5 Å². The van der Waals surface area contributed by atoms with Gasteiger partial charge >= 0.3 is 0 Å². The largest absolute Gasteiger partial charge is 0.457 e. The quantitative estimate of drug-likeness (QED) is 0.194. The fraction of sp³-hybridized carbons (Fsp3) is 0.0571. The van der Waals surface area contributed by atoms with E-state index in [1.165, 1.54) is 0 Å². The number of nitrogens with two attached hydrogens (primary N) is 1. The summed E-state index contributed by atoms with van der Waals surface area (Å²) in [5.41, 5.74) is 10.2. The fourth-order valence-corrected chi connectivity index (χ4v) is 4.23. The highest BCUT2D eigenvalue weighted by molar-refractivity contribution is 5.70. The summed E-state index contributed by atoms with van der Waals surface area (Å²) in [7, 11) is 0. The summed E-state index contributed by atoms with van der Waals surface area (Å²) in [5, 5.41) is 0. The molecule has 4 nitrogen and oxygen atoms in total. The minimum absolute atomic E-state index is 0.539. The van der Waals surface area contributed by atoms with Crippen LogP contribution in [0.5, 0.6) is 23.0 Å². The predicted molar refractivity (Wildman–Crippen MR) is 159 cm³/mol. The average molecular weight is 512 g/mol. The molecule has 2 N–H and O–H groups in total. The Morgan fingerprint density at radius 2 is 0.923 bits per heavy atom. The van der Waals surface area contributed by atoms with Crippen molar-refractivity contribution in [1.29, 1.82) is 0 Å². The van der Waals surface area contributed by atoms with Crippen LogP contribution in [0.3, 0.4) is 0 Å². The third-order valence-electron chi connectivity index (χ3n) is 6.08. The van der Waals surface area contributed by atoms with Gasteiger partial charge in [0.05, 0.1) is 6.54 Å². The van der Waals surface area contributed by atoms with Crippen molar-refractivity contribution in [3.63, 3.8) is 0 Å². The normalized spacial score (nSPS) is 11.2. The van der Waals surface area contributed by atoms with Gasteiger partial charge in [0.1, 0.15) is 23.0 Å². The molecule has 0 bridgehead atoms. The van der Waals surface area contributed by atoms with Crippen LogP contribution in [-0.2, 0) is 6.54 Å². The minimum atomic E-state index is 0.539. The first-order valence-electron chi connectivity index (χ1n) is 13.0. The topological polar surface area (TPSA) is 48.4 Å². The summed E-state index contributed by atoms with van der Waals surface area (Å²) in [6, 6.07) is 42.0. The maximum atomic E-state index is 6.00. The van der Waals surface area contributed by atoms with E-state index in [0.29, 0.717) is 13.1 Å². The molecule has 4 aromatic carbocycles. The van der Waals surface area contributed by atoms with Gasteiger partial charge in [0.15, 0.2) is 6.54 Å². The standard InChI is InChI=1S/C35H31N2O2/c36-24-25-37-30(22-20-28-10-7-18-34(26-28)38-32-14-3-1-4-15-32)12-9-13-31(37)23-21-29-11-8-19-35(27-29)39-33-16-5-2-6-17-33/h1-23,26-27H,24-25,36H2/q+1/b22-20+,23-21+. The van der Waals surface area contributed by atoms with Crippen LogP contribution in [0.25, 0.3) is 24.3 Å². The lowest BCUT2D eigenvalue weighted by molar-refractivity contribution is -0.697. The van der Waals surface area contributed by atoms with Crippen molar-refractivity contribution < 1.29 is 14.0 Å². The second kappa shape index (κ2) is 13.0. The lowest BCUT2D eigenvalue weighted by atomic mass is 10.1. The molecule has 5 rings (SSSR count). The van der Waals surface area contributed by atoms with Gasteiger partial charge in [0, 0.05) is 24.3 Å². The van der Waals surface area contributed by atoms with E-state index in [4.69, 9.17) is 15.2 Å². The number of aromatic nitrogens is 1. The minimum Gasteiger partial charge on any atom is -0.457 e. The first-order valence-corrected chi connectivity index (χ1v) is 13.0. The van der Waals surface area contributed by atoms with Gasteiger partial charge in [-0.25, -0.2) is 0 Å². The summed E-state index contributed by atoms with van der Waals surface area (Å²) in [6.45, 7) is 1.24. The Labute approximate surface area is 229 Å². The van der Waals surface area contributed by atoms with Crippen LogP contribution in [-0.4, -0.2) is 6.54 Å². The van der Waals surface area contributed by atoms with Crippen molar-refractivity contribution in [2.75, 3.05) is 6.54 Å². The summed E-state index contributed by atoms with van der Waals surface area (Å²) in [5.74, 6) is 3.23. The van der Waals surface area contributed by atoms with Crippen molar-refractivity contribution in [2.24, 2.45) is 5.73 Å². The lowest BCUT2D eigenvalue weighted by Crippen LogP contribution is -2.43. The Morgan fingerprint density at radius 1 is 0.487 bits per heavy atom. The van der Waals surface area contributed by atoms with Gasteiger partial charge in [-0.3, -0.25) is 0 Å². The monoisotopic (exact) mass is 511 g/mol. The van der Waals surface area contributed by atoms with E-state index in [1.807, 2.05) is 97.1 Å². The van der Waals surface area contributed by atoms with Gasteiger partial charge in [0.2, 0.25) is 11.4 Å². The van der Waals surface area contributed by atoms with Gasteiger partial charge in [-0.05, 0) is 77.9 Å². The zero-order valence-electron chi connectivity index (χ0n) is 21.7. The van der Waals surface area contributed by atoms with Crippen molar-refractivity contribution in [2.45, 2.75) is 6.54 Å². The molecule has 1 aromatic heterocycles. The van der Waals surface area contributed by atoms with Crippen LogP contribution in [0, 0.1) is 0 Å². The molecule has 0 saturated carbocycles. The zero-order chi connectivity index (χ0) is 26.7. The summed E-state index contributed by atoms with van der Waals surface area (Å²) < 4.78 is 14.2. The fourth-order valence-electron chi connectivity index (χ4n) is 4.23. The summed E-state index contributed by atoms with van der Waals surface area (Å²) in [4.78, 5) is 0. The van der Waals surface area contributed by atoms with E-state index in [0.717, 1.165) is 45.5 Å². The van der Waals surface area contributed by atoms with E-state index in [9.17, 15) is 0 Å². The van der Waals surface area contributed by atoms with Crippen LogP contribution in [0.4, 0.5) is 0 Å². The van der Waals surface area contributed by atoms with Crippen molar-refractivity contribution in [1.82, 2.24) is 0 Å². The van der Waals surface area contributed by atoms with E-state index >= 15 is 0 Å². The molecule has 0 amide bonds. The maximum Gasteiger partial charge on any atom is 0.205 e. The smallest absolute Gasteiger partial charge is 0.205 e. The summed E-state index contributed by atoms with van der Waals surface area (Å²) in [6.07, 6.45) is 8.42. The molecule has 5 aromatic rings. The van der Waals surface area contributed by atoms with E-state index in [-0.39, 0.29) is 0 Å². The zero-order valence-corrected chi connectivity index (χ0v) is 21.7. The molecule has 0 aliphatic rings. The van der Waals surface area contributed by atoms with Crippen LogP contribution in [0.2, 0.25) is 0 Å². The Kier molecular flexibility index (Phi) is 8.60. The average Bonchev–Trinajstić information content (AvgIpc) is 2.97. The van der Waals surface area contributed by atoms with Gasteiger partial charge in [-0.1, -0.05) is 60.7 Å². The molecule has 39 heavy (non-hydrogen) atoms. The molecule has 192 valence electrons. The van der Waals surface area contributed by atoms with Crippen molar-refractivity contribution in [3.8, 4) is 23.0 Å². The molecule has 4 heteroatoms. The highest BCUT2D eigenvalue weighted by Crippen LogP contribution is 2.24. The van der Waals surface area contributed by atoms with E-state index in [2.05, 4.69) is 59.2 Å². The SMILES string of the molecule is NCC[n+]1c(/C=C/c2cccc(Oc3ccccc3)c2)cccc1/C=C/c1cccc(Oc2ccccc2)c1. The lowest BCUT2D eigenvalue weighted by Gasteiger charge is -2.07. The van der Waals surface area contributed by atoms with Gasteiger partial charge < -0.3 is 15.2 Å². The van der Waals surface area contributed by atoms with Crippen molar-refractivity contribution in [3.05, 3.63) is 150 Å². The third kappa shape index (κ3) is 7.31. The molecule has 0 radical (unpaired) electrons. The number of para-hydroxylation sites is 2. The van der Waals surface area contributed by atoms with Crippen LogP contribution < -0.4 is 19.8 Å². The Morgan fingerprint density at radius 3 is 1.38 bits per heavy atom. The predicted octanol–water partition coefficient (Wildman–Crippen LogP) is 7.86. The molecule has 1 heterocycles.